The Bertz CT molecular complexity index is 535. The van der Waals surface area contributed by atoms with E-state index in [9.17, 15) is 14.4 Å². The number of halogens is 1. The molecule has 4 N–H and O–H groups in total. The molecule has 0 aliphatic rings. The number of thioether (sulfide) groups is 1. The van der Waals surface area contributed by atoms with E-state index >= 15 is 0 Å². The Kier molecular flexibility index (Phi) is 5.37. The monoisotopic (exact) mass is 346 g/mol. The summed E-state index contributed by atoms with van der Waals surface area (Å²) in [6, 6.07) is 3.80. The van der Waals surface area contributed by atoms with Crippen molar-refractivity contribution in [2.45, 2.75) is 17.1 Å². The fourth-order valence-corrected chi connectivity index (χ4v) is 2.55. The molecule has 0 aliphatic heterocycles. The van der Waals surface area contributed by atoms with Crippen molar-refractivity contribution in [1.29, 1.82) is 0 Å². The van der Waals surface area contributed by atoms with Crippen LogP contribution in [0.1, 0.15) is 17.3 Å². The second-order valence-corrected chi connectivity index (χ2v) is 5.83. The standard InChI is InChI=1S/C11H11BrN2O4S/c1-5(9(15)14-11(13)18)19-6-2-3-8(12)7(4-6)10(16)17/h2-5H,1H3,(H,16,17)(H3,13,14,15,18). The average molecular weight is 347 g/mol. The highest BCUT2D eigenvalue weighted by atomic mass is 79.9. The molecule has 0 saturated heterocycles. The Balaban J connectivity index is 2.82. The van der Waals surface area contributed by atoms with Crippen LogP contribution in [0, 0.1) is 0 Å². The van der Waals surface area contributed by atoms with Gasteiger partial charge in [0, 0.05) is 9.37 Å². The van der Waals surface area contributed by atoms with Gasteiger partial charge in [0.15, 0.2) is 0 Å². The molecule has 0 saturated carbocycles. The SMILES string of the molecule is CC(Sc1ccc(Br)c(C(=O)O)c1)C(=O)NC(N)=O. The van der Waals surface area contributed by atoms with Crippen LogP contribution in [0.15, 0.2) is 27.6 Å². The van der Waals surface area contributed by atoms with Crippen LogP contribution in [0.2, 0.25) is 0 Å². The Morgan fingerprint density at radius 1 is 1.42 bits per heavy atom. The molecule has 1 unspecified atom stereocenters. The molecular weight excluding hydrogens is 336 g/mol. The first kappa shape index (κ1) is 15.5. The lowest BCUT2D eigenvalue weighted by Crippen LogP contribution is -2.39. The highest BCUT2D eigenvalue weighted by Crippen LogP contribution is 2.27. The molecule has 0 aliphatic carbocycles. The molecular formula is C11H11BrN2O4S. The molecule has 0 radical (unpaired) electrons. The highest BCUT2D eigenvalue weighted by Gasteiger charge is 2.17. The van der Waals surface area contributed by atoms with Gasteiger partial charge in [0.1, 0.15) is 0 Å². The van der Waals surface area contributed by atoms with Crippen LogP contribution in [0.25, 0.3) is 0 Å². The number of primary amides is 1. The fourth-order valence-electron chi connectivity index (χ4n) is 1.22. The minimum Gasteiger partial charge on any atom is -0.478 e. The van der Waals surface area contributed by atoms with Gasteiger partial charge in [-0.2, -0.15) is 0 Å². The third-order valence-corrected chi connectivity index (χ3v) is 3.88. The predicted octanol–water partition coefficient (Wildman–Crippen LogP) is 1.82. The number of nitrogens with two attached hydrogens (primary N) is 1. The predicted molar refractivity (Wildman–Crippen MR) is 74.1 cm³/mol. The number of rotatable bonds is 4. The first-order valence-electron chi connectivity index (χ1n) is 5.11. The van der Waals surface area contributed by atoms with Crippen molar-refractivity contribution >= 4 is 45.6 Å². The average Bonchev–Trinajstić information content (AvgIpc) is 2.30. The van der Waals surface area contributed by atoms with E-state index in [1.165, 1.54) is 6.07 Å². The van der Waals surface area contributed by atoms with Gasteiger partial charge < -0.3 is 10.8 Å². The van der Waals surface area contributed by atoms with Crippen LogP contribution in [0.5, 0.6) is 0 Å². The van der Waals surface area contributed by atoms with E-state index in [-0.39, 0.29) is 5.56 Å². The lowest BCUT2D eigenvalue weighted by Gasteiger charge is -2.10. The van der Waals surface area contributed by atoms with Crippen molar-refractivity contribution in [2.75, 3.05) is 0 Å². The van der Waals surface area contributed by atoms with Gasteiger partial charge in [-0.15, -0.1) is 11.8 Å². The van der Waals surface area contributed by atoms with Gasteiger partial charge in [0.25, 0.3) is 0 Å². The molecule has 0 fully saturated rings. The third kappa shape index (κ3) is 4.56. The van der Waals surface area contributed by atoms with Gasteiger partial charge >= 0.3 is 12.0 Å². The quantitative estimate of drug-likeness (QED) is 0.720. The van der Waals surface area contributed by atoms with Crippen LogP contribution in [0.4, 0.5) is 4.79 Å². The number of benzene rings is 1. The Morgan fingerprint density at radius 3 is 2.58 bits per heavy atom. The number of amides is 3. The zero-order valence-electron chi connectivity index (χ0n) is 9.84. The van der Waals surface area contributed by atoms with E-state index < -0.39 is 23.2 Å². The van der Waals surface area contributed by atoms with Crippen LogP contribution in [-0.4, -0.2) is 28.3 Å². The molecule has 0 spiro atoms. The van der Waals surface area contributed by atoms with E-state index in [0.717, 1.165) is 11.8 Å². The number of aromatic carboxylic acids is 1. The lowest BCUT2D eigenvalue weighted by molar-refractivity contribution is -0.119. The Labute approximate surface area is 121 Å². The molecule has 1 rings (SSSR count). The maximum absolute atomic E-state index is 11.5. The largest absolute Gasteiger partial charge is 0.478 e. The van der Waals surface area contributed by atoms with E-state index in [1.54, 1.807) is 19.1 Å². The number of urea groups is 1. The summed E-state index contributed by atoms with van der Waals surface area (Å²) < 4.78 is 0.457. The van der Waals surface area contributed by atoms with E-state index in [1.807, 2.05) is 5.32 Å². The van der Waals surface area contributed by atoms with Gasteiger partial charge in [0.05, 0.1) is 10.8 Å². The number of carboxylic acids is 1. The van der Waals surface area contributed by atoms with E-state index in [0.29, 0.717) is 9.37 Å². The van der Waals surface area contributed by atoms with Gasteiger partial charge in [0.2, 0.25) is 5.91 Å². The van der Waals surface area contributed by atoms with Crippen molar-refractivity contribution in [1.82, 2.24) is 5.32 Å². The number of carbonyl (C=O) groups is 3. The summed E-state index contributed by atoms with van der Waals surface area (Å²) in [5.74, 6) is -1.60. The zero-order valence-corrected chi connectivity index (χ0v) is 12.2. The van der Waals surface area contributed by atoms with Crippen molar-refractivity contribution in [3.8, 4) is 0 Å². The number of imide groups is 1. The van der Waals surface area contributed by atoms with Gasteiger partial charge in [-0.05, 0) is 41.1 Å². The van der Waals surface area contributed by atoms with Gasteiger partial charge in [-0.3, -0.25) is 10.1 Å². The summed E-state index contributed by atoms with van der Waals surface area (Å²) >= 11 is 4.26. The Hall–Kier alpha value is -1.54. The minimum atomic E-state index is -1.07. The first-order chi connectivity index (χ1) is 8.81. The van der Waals surface area contributed by atoms with E-state index in [2.05, 4.69) is 15.9 Å². The van der Waals surface area contributed by atoms with Crippen molar-refractivity contribution < 1.29 is 19.5 Å². The highest BCUT2D eigenvalue weighted by molar-refractivity contribution is 9.10. The van der Waals surface area contributed by atoms with Crippen molar-refractivity contribution in [2.24, 2.45) is 5.73 Å². The summed E-state index contributed by atoms with van der Waals surface area (Å²) in [7, 11) is 0. The second kappa shape index (κ2) is 6.58. The van der Waals surface area contributed by atoms with Crippen molar-refractivity contribution in [3.05, 3.63) is 28.2 Å². The number of hydrogen-bond donors (Lipinski definition) is 3. The summed E-state index contributed by atoms with van der Waals surface area (Å²) in [5.41, 5.74) is 4.95. The lowest BCUT2D eigenvalue weighted by atomic mass is 10.2. The smallest absolute Gasteiger partial charge is 0.336 e. The summed E-state index contributed by atoms with van der Waals surface area (Å²) in [6.07, 6.45) is 0. The summed E-state index contributed by atoms with van der Waals surface area (Å²) in [5, 5.41) is 10.4. The number of carbonyl (C=O) groups excluding carboxylic acids is 2. The maximum Gasteiger partial charge on any atom is 0.336 e. The number of nitrogens with one attached hydrogen (secondary N) is 1. The molecule has 1 atom stereocenters. The molecule has 102 valence electrons. The van der Waals surface area contributed by atoms with Crippen molar-refractivity contribution in [3.63, 3.8) is 0 Å². The van der Waals surface area contributed by atoms with Crippen LogP contribution >= 0.6 is 27.7 Å². The second-order valence-electron chi connectivity index (χ2n) is 3.56. The molecule has 0 bridgehead atoms. The van der Waals surface area contributed by atoms with E-state index in [4.69, 9.17) is 10.8 Å². The minimum absolute atomic E-state index is 0.104. The molecule has 6 nitrogen and oxygen atoms in total. The topological polar surface area (TPSA) is 109 Å². The molecule has 19 heavy (non-hydrogen) atoms. The maximum atomic E-state index is 11.5. The first-order valence-corrected chi connectivity index (χ1v) is 6.78. The Morgan fingerprint density at radius 2 is 2.05 bits per heavy atom. The van der Waals surface area contributed by atoms with Gasteiger partial charge in [-0.1, -0.05) is 0 Å². The fraction of sp³-hybridized carbons (Fsp3) is 0.182. The van der Waals surface area contributed by atoms with Crippen LogP contribution in [-0.2, 0) is 4.79 Å². The molecule has 0 heterocycles. The van der Waals surface area contributed by atoms with Crippen LogP contribution in [0.3, 0.4) is 0 Å². The number of carboxylic acid groups (broad SMARTS) is 1. The number of hydrogen-bond acceptors (Lipinski definition) is 4. The van der Waals surface area contributed by atoms with Crippen LogP contribution < -0.4 is 11.1 Å². The summed E-state index contributed by atoms with van der Waals surface area (Å²) in [6.45, 7) is 1.59. The third-order valence-electron chi connectivity index (χ3n) is 2.10. The zero-order chi connectivity index (χ0) is 14.6. The molecule has 3 amide bonds. The molecule has 8 heteroatoms. The molecule has 1 aromatic rings. The normalized spacial score (nSPS) is 11.7. The summed E-state index contributed by atoms with van der Waals surface area (Å²) in [4.78, 5) is 33.6. The molecule has 0 aromatic heterocycles. The van der Waals surface area contributed by atoms with Gasteiger partial charge in [-0.25, -0.2) is 9.59 Å². The molecule has 1 aromatic carbocycles.